The number of hydrogen-bond donors (Lipinski definition) is 7. The number of carbonyl (C=O) groups excluding carboxylic acids is 1. The standard InChI is InChI=1S/C43H27N3O11/c44-21-3-8-26-34(15-21)56-35-16-22(45)4-9-27(35)37(26)24-6-1-19(13-30(24)42(52)53)40(49)46-18-32-33(48)12-11-29-38(28-10-5-23(47)17-36(28)57-39(29)32)25-7-2-20(41(50)51)14-31(25)43(54)55/h1-17,44,48H,18,45H2,(H,46,49)(H,50,51)(H,52,53)(H,54,55). The van der Waals surface area contributed by atoms with Gasteiger partial charge in [-0.1, -0.05) is 12.1 Å². The predicted molar refractivity (Wildman–Crippen MR) is 207 cm³/mol. The lowest BCUT2D eigenvalue weighted by Crippen LogP contribution is -2.23. The molecule has 2 aliphatic heterocycles. The molecule has 0 atom stereocenters. The second-order valence-corrected chi connectivity index (χ2v) is 13.1. The SMILES string of the molecule is N=c1ccc2c(-c3ccc(C(=O)NCc4c(O)ccc5c(-c6ccc(C(=O)O)cc6C(=O)O)c6ccc(=O)cc-6oc45)cc3C(=O)O)c3ccc(N)cc3oc-2c1. The molecule has 4 aromatic rings. The van der Waals surface area contributed by atoms with E-state index in [9.17, 15) is 44.4 Å². The van der Waals surface area contributed by atoms with Crippen molar-refractivity contribution < 1.29 is 48.4 Å². The number of hydrogen-bond acceptors (Lipinski definition) is 10. The average Bonchev–Trinajstić information content (AvgIpc) is 3.18. The normalized spacial score (nSPS) is 11.3. The number of fused-ring (bicyclic) bond motifs is 4. The van der Waals surface area contributed by atoms with Gasteiger partial charge in [-0.2, -0.15) is 0 Å². The molecule has 4 aromatic carbocycles. The molecule has 0 fully saturated rings. The van der Waals surface area contributed by atoms with Crippen LogP contribution in [0.15, 0.2) is 117 Å². The molecule has 14 heteroatoms. The molecule has 4 aliphatic rings. The number of carbonyl (C=O) groups is 4. The van der Waals surface area contributed by atoms with E-state index in [2.05, 4.69) is 5.32 Å². The minimum Gasteiger partial charge on any atom is -0.507 e. The molecule has 0 aromatic heterocycles. The highest BCUT2D eigenvalue weighted by Gasteiger charge is 2.26. The zero-order valence-electron chi connectivity index (χ0n) is 29.2. The Morgan fingerprint density at radius 2 is 1.23 bits per heavy atom. The van der Waals surface area contributed by atoms with E-state index in [0.717, 1.165) is 6.07 Å². The van der Waals surface area contributed by atoms with E-state index in [1.807, 2.05) is 0 Å². The number of aromatic hydroxyl groups is 1. The number of nitrogen functional groups attached to an aromatic ring is 1. The Bertz CT molecular complexity index is 3110. The van der Waals surface area contributed by atoms with Gasteiger partial charge in [0.2, 0.25) is 0 Å². The smallest absolute Gasteiger partial charge is 0.336 e. The molecule has 280 valence electrons. The summed E-state index contributed by atoms with van der Waals surface area (Å²) in [6, 6.07) is 24.1. The van der Waals surface area contributed by atoms with Crippen molar-refractivity contribution in [1.82, 2.24) is 5.32 Å². The van der Waals surface area contributed by atoms with Crippen LogP contribution in [-0.2, 0) is 6.54 Å². The van der Waals surface area contributed by atoms with E-state index >= 15 is 0 Å². The first-order valence-electron chi connectivity index (χ1n) is 17.1. The summed E-state index contributed by atoms with van der Waals surface area (Å²) >= 11 is 0. The molecule has 0 spiro atoms. The molecule has 2 aliphatic carbocycles. The van der Waals surface area contributed by atoms with Crippen LogP contribution in [0.3, 0.4) is 0 Å². The van der Waals surface area contributed by atoms with Crippen LogP contribution < -0.4 is 21.8 Å². The average molecular weight is 762 g/mol. The molecule has 57 heavy (non-hydrogen) atoms. The van der Waals surface area contributed by atoms with Gasteiger partial charge in [0.1, 0.15) is 28.4 Å². The molecule has 2 heterocycles. The van der Waals surface area contributed by atoms with Gasteiger partial charge in [0.25, 0.3) is 5.91 Å². The Labute approximate surface area is 319 Å². The van der Waals surface area contributed by atoms with Crippen LogP contribution in [0.2, 0.25) is 0 Å². The van der Waals surface area contributed by atoms with Crippen LogP contribution in [0.4, 0.5) is 5.69 Å². The molecular formula is C43H27N3O11. The minimum absolute atomic E-state index is 0.00616. The van der Waals surface area contributed by atoms with Crippen molar-refractivity contribution in [3.05, 3.63) is 147 Å². The maximum atomic E-state index is 13.7. The number of aromatic carboxylic acids is 3. The van der Waals surface area contributed by atoms with Crippen molar-refractivity contribution in [3.63, 3.8) is 0 Å². The van der Waals surface area contributed by atoms with Gasteiger partial charge in [-0.3, -0.25) is 9.59 Å². The number of phenolic OH excluding ortho intramolecular Hbond substituents is 1. The molecule has 0 bridgehead atoms. The van der Waals surface area contributed by atoms with Crippen LogP contribution >= 0.6 is 0 Å². The van der Waals surface area contributed by atoms with E-state index in [1.54, 1.807) is 30.3 Å². The maximum Gasteiger partial charge on any atom is 0.336 e. The van der Waals surface area contributed by atoms with Gasteiger partial charge in [0, 0.05) is 62.5 Å². The summed E-state index contributed by atoms with van der Waals surface area (Å²) in [5.41, 5.74) is 7.54. The van der Waals surface area contributed by atoms with E-state index < -0.39 is 29.2 Å². The Balaban J connectivity index is 1.22. The third-order valence-electron chi connectivity index (χ3n) is 9.66. The molecular weight excluding hydrogens is 734 g/mol. The lowest BCUT2D eigenvalue weighted by Gasteiger charge is -2.19. The van der Waals surface area contributed by atoms with E-state index in [0.29, 0.717) is 39.1 Å². The van der Waals surface area contributed by atoms with E-state index in [1.165, 1.54) is 66.7 Å². The summed E-state index contributed by atoms with van der Waals surface area (Å²) in [5.74, 6) is -4.76. The molecule has 0 radical (unpaired) electrons. The molecule has 8 rings (SSSR count). The lowest BCUT2D eigenvalue weighted by atomic mass is 9.89. The topological polar surface area (TPSA) is 254 Å². The predicted octanol–water partition coefficient (Wildman–Crippen LogP) is 6.87. The largest absolute Gasteiger partial charge is 0.507 e. The van der Waals surface area contributed by atoms with Crippen molar-refractivity contribution in [2.75, 3.05) is 5.73 Å². The van der Waals surface area contributed by atoms with Gasteiger partial charge >= 0.3 is 17.9 Å². The van der Waals surface area contributed by atoms with Crippen LogP contribution in [0.5, 0.6) is 5.75 Å². The molecule has 8 N–H and O–H groups in total. The van der Waals surface area contributed by atoms with Gasteiger partial charge in [0.05, 0.1) is 34.2 Å². The second-order valence-electron chi connectivity index (χ2n) is 13.1. The number of phenols is 1. The summed E-state index contributed by atoms with van der Waals surface area (Å²) in [6.07, 6.45) is 0. The van der Waals surface area contributed by atoms with Crippen molar-refractivity contribution in [2.24, 2.45) is 0 Å². The summed E-state index contributed by atoms with van der Waals surface area (Å²) in [7, 11) is 0. The fourth-order valence-corrected chi connectivity index (χ4v) is 7.06. The summed E-state index contributed by atoms with van der Waals surface area (Å²) < 4.78 is 12.2. The third-order valence-corrected chi connectivity index (χ3v) is 9.66. The zero-order valence-corrected chi connectivity index (χ0v) is 29.2. The van der Waals surface area contributed by atoms with Gasteiger partial charge in [-0.15, -0.1) is 0 Å². The van der Waals surface area contributed by atoms with Gasteiger partial charge < -0.3 is 45.7 Å². The number of benzene rings is 6. The van der Waals surface area contributed by atoms with Gasteiger partial charge in [0.15, 0.2) is 5.43 Å². The molecule has 1 amide bonds. The van der Waals surface area contributed by atoms with Gasteiger partial charge in [-0.25, -0.2) is 14.4 Å². The lowest BCUT2D eigenvalue weighted by molar-refractivity contribution is 0.0682. The highest BCUT2D eigenvalue weighted by Crippen LogP contribution is 2.44. The quantitative estimate of drug-likeness (QED) is 0.0618. The number of carboxylic acids is 3. The molecule has 14 nitrogen and oxygen atoms in total. The number of nitrogens with one attached hydrogen (secondary N) is 2. The number of amides is 1. The monoisotopic (exact) mass is 761 g/mol. The van der Waals surface area contributed by atoms with Crippen molar-refractivity contribution in [3.8, 4) is 50.7 Å². The fraction of sp³-hybridized carbons (Fsp3) is 0.0233. The Morgan fingerprint density at radius 3 is 1.91 bits per heavy atom. The first-order chi connectivity index (χ1) is 27.3. The highest BCUT2D eigenvalue weighted by molar-refractivity contribution is 6.11. The summed E-state index contributed by atoms with van der Waals surface area (Å²) in [4.78, 5) is 63.1. The van der Waals surface area contributed by atoms with Crippen molar-refractivity contribution >= 4 is 51.4 Å². The Kier molecular flexibility index (Phi) is 8.50. The maximum absolute atomic E-state index is 13.7. The minimum atomic E-state index is -1.41. The number of rotatable bonds is 8. The Morgan fingerprint density at radius 1 is 0.632 bits per heavy atom. The third kappa shape index (κ3) is 6.22. The van der Waals surface area contributed by atoms with Crippen LogP contribution in [0, 0.1) is 5.41 Å². The highest BCUT2D eigenvalue weighted by atomic mass is 16.4. The molecule has 0 unspecified atom stereocenters. The first kappa shape index (κ1) is 35.8. The summed E-state index contributed by atoms with van der Waals surface area (Å²) in [5, 5.41) is 52.9. The molecule has 0 saturated heterocycles. The second kappa shape index (κ2) is 13.5. The van der Waals surface area contributed by atoms with Crippen molar-refractivity contribution in [2.45, 2.75) is 6.54 Å². The van der Waals surface area contributed by atoms with E-state index in [-0.39, 0.29) is 78.9 Å². The fourth-order valence-electron chi connectivity index (χ4n) is 7.06. The van der Waals surface area contributed by atoms with Gasteiger partial charge in [-0.05, 0) is 83.9 Å². The number of nitrogens with two attached hydrogens (primary N) is 1. The van der Waals surface area contributed by atoms with E-state index in [4.69, 9.17) is 20.0 Å². The van der Waals surface area contributed by atoms with Crippen LogP contribution in [0.25, 0.3) is 66.8 Å². The van der Waals surface area contributed by atoms with Crippen LogP contribution in [-0.4, -0.2) is 44.2 Å². The first-order valence-corrected chi connectivity index (χ1v) is 17.1. The van der Waals surface area contributed by atoms with Crippen molar-refractivity contribution in [1.29, 1.82) is 5.41 Å². The summed E-state index contributed by atoms with van der Waals surface area (Å²) in [6.45, 7) is -0.367. The number of carboxylic acid groups (broad SMARTS) is 3. The number of anilines is 1. The Hall–Kier alpha value is -8.26. The van der Waals surface area contributed by atoms with Crippen LogP contribution in [0.1, 0.15) is 47.0 Å². The molecule has 0 saturated carbocycles. The zero-order chi connectivity index (χ0) is 40.3.